The predicted octanol–water partition coefficient (Wildman–Crippen LogP) is 2.75. The first-order chi connectivity index (χ1) is 7.49. The van der Waals surface area contributed by atoms with Crippen LogP contribution in [0.25, 0.3) is 0 Å². The van der Waals surface area contributed by atoms with E-state index in [1.54, 1.807) is 6.92 Å². The maximum atomic E-state index is 10.4. The van der Waals surface area contributed by atoms with Crippen LogP contribution in [0.1, 0.15) is 18.1 Å². The number of nitrogens with one attached hydrogen (secondary N) is 1. The van der Waals surface area contributed by atoms with E-state index >= 15 is 0 Å². The number of benzene rings is 1. The summed E-state index contributed by atoms with van der Waals surface area (Å²) in [7, 11) is 0. The van der Waals surface area contributed by atoms with Crippen LogP contribution >= 0.6 is 0 Å². The van der Waals surface area contributed by atoms with Crippen LogP contribution in [-0.2, 0) is 4.79 Å². The second-order valence-corrected chi connectivity index (χ2v) is 4.00. The van der Waals surface area contributed by atoms with E-state index in [2.05, 4.69) is 11.4 Å². The minimum absolute atomic E-state index is 0.552. The molecule has 2 N–H and O–H groups in total. The van der Waals surface area contributed by atoms with Gasteiger partial charge < -0.3 is 10.4 Å². The molecule has 3 nitrogen and oxygen atoms in total. The number of anilines is 1. The zero-order valence-electron chi connectivity index (χ0n) is 9.87. The highest BCUT2D eigenvalue weighted by Gasteiger charge is 1.99. The monoisotopic (exact) mass is 219 g/mol. The zero-order chi connectivity index (χ0) is 12.1. The molecule has 0 aliphatic carbocycles. The summed E-state index contributed by atoms with van der Waals surface area (Å²) < 4.78 is 0. The van der Waals surface area contributed by atoms with Crippen LogP contribution in [0.15, 0.2) is 29.8 Å². The normalized spacial score (nSPS) is 11.3. The van der Waals surface area contributed by atoms with Gasteiger partial charge in [0, 0.05) is 18.3 Å². The first-order valence-corrected chi connectivity index (χ1v) is 5.20. The molecule has 0 unspecified atom stereocenters. The van der Waals surface area contributed by atoms with E-state index in [4.69, 9.17) is 5.11 Å². The van der Waals surface area contributed by atoms with Crippen molar-refractivity contribution in [3.8, 4) is 0 Å². The molecule has 16 heavy (non-hydrogen) atoms. The van der Waals surface area contributed by atoms with Crippen molar-refractivity contribution in [2.75, 3.05) is 11.9 Å². The van der Waals surface area contributed by atoms with Crippen LogP contribution in [0, 0.1) is 13.8 Å². The van der Waals surface area contributed by atoms with Gasteiger partial charge in [-0.1, -0.05) is 17.7 Å². The lowest BCUT2D eigenvalue weighted by atomic mass is 10.1. The van der Waals surface area contributed by atoms with Gasteiger partial charge >= 0.3 is 5.97 Å². The SMILES string of the molecule is C/C(=C/C(=O)O)CNc1ccc(C)cc1C. The van der Waals surface area contributed by atoms with Gasteiger partial charge in [0.15, 0.2) is 0 Å². The van der Waals surface area contributed by atoms with Gasteiger partial charge in [0.1, 0.15) is 0 Å². The predicted molar refractivity (Wildman–Crippen MR) is 65.8 cm³/mol. The quantitative estimate of drug-likeness (QED) is 0.765. The van der Waals surface area contributed by atoms with Crippen LogP contribution in [0.4, 0.5) is 5.69 Å². The highest BCUT2D eigenvalue weighted by molar-refractivity contribution is 5.80. The van der Waals surface area contributed by atoms with Gasteiger partial charge in [-0.05, 0) is 38.0 Å². The molecule has 86 valence electrons. The Bertz CT molecular complexity index is 422. The van der Waals surface area contributed by atoms with Gasteiger partial charge in [-0.15, -0.1) is 0 Å². The molecular weight excluding hydrogens is 202 g/mol. The van der Waals surface area contributed by atoms with Crippen LogP contribution in [0.2, 0.25) is 0 Å². The molecule has 0 bridgehead atoms. The summed E-state index contributed by atoms with van der Waals surface area (Å²) in [5, 5.41) is 11.8. The van der Waals surface area contributed by atoms with Crippen molar-refractivity contribution in [1.82, 2.24) is 0 Å². The van der Waals surface area contributed by atoms with Crippen LogP contribution in [-0.4, -0.2) is 17.6 Å². The third-order valence-electron chi connectivity index (χ3n) is 2.31. The molecule has 0 aliphatic heterocycles. The molecule has 1 aromatic carbocycles. The van der Waals surface area contributed by atoms with Crippen molar-refractivity contribution in [1.29, 1.82) is 0 Å². The molecular formula is C13H17NO2. The smallest absolute Gasteiger partial charge is 0.328 e. The largest absolute Gasteiger partial charge is 0.478 e. The van der Waals surface area contributed by atoms with Gasteiger partial charge in [0.25, 0.3) is 0 Å². The van der Waals surface area contributed by atoms with Gasteiger partial charge in [-0.3, -0.25) is 0 Å². The van der Waals surface area contributed by atoms with E-state index in [-0.39, 0.29) is 0 Å². The lowest BCUT2D eigenvalue weighted by Crippen LogP contribution is -2.05. The van der Waals surface area contributed by atoms with E-state index in [0.29, 0.717) is 6.54 Å². The Morgan fingerprint density at radius 3 is 2.69 bits per heavy atom. The number of hydrogen-bond donors (Lipinski definition) is 2. The van der Waals surface area contributed by atoms with Gasteiger partial charge in [0.2, 0.25) is 0 Å². The summed E-state index contributed by atoms with van der Waals surface area (Å²) in [6.07, 6.45) is 1.22. The summed E-state index contributed by atoms with van der Waals surface area (Å²) >= 11 is 0. The molecule has 0 saturated carbocycles. The van der Waals surface area contributed by atoms with Gasteiger partial charge in [0.05, 0.1) is 0 Å². The third kappa shape index (κ3) is 3.77. The molecule has 0 radical (unpaired) electrons. The number of aryl methyl sites for hydroxylation is 2. The molecule has 0 atom stereocenters. The van der Waals surface area contributed by atoms with Gasteiger partial charge in [-0.2, -0.15) is 0 Å². The molecule has 0 aromatic heterocycles. The molecule has 0 aliphatic rings. The number of carbonyl (C=O) groups is 1. The Kier molecular flexibility index (Phi) is 4.11. The molecule has 1 rings (SSSR count). The first kappa shape index (κ1) is 12.3. The van der Waals surface area contributed by atoms with Crippen molar-refractivity contribution >= 4 is 11.7 Å². The second-order valence-electron chi connectivity index (χ2n) is 4.00. The number of carboxylic acids is 1. The zero-order valence-corrected chi connectivity index (χ0v) is 9.87. The summed E-state index contributed by atoms with van der Waals surface area (Å²) in [5.74, 6) is -0.903. The fraction of sp³-hybridized carbons (Fsp3) is 0.308. The minimum Gasteiger partial charge on any atom is -0.478 e. The Morgan fingerprint density at radius 1 is 1.44 bits per heavy atom. The van der Waals surface area contributed by atoms with Gasteiger partial charge in [-0.25, -0.2) is 4.79 Å². The van der Waals surface area contributed by atoms with E-state index in [0.717, 1.165) is 11.3 Å². The van der Waals surface area contributed by atoms with Crippen LogP contribution in [0.3, 0.4) is 0 Å². The van der Waals surface area contributed by atoms with E-state index < -0.39 is 5.97 Å². The second kappa shape index (κ2) is 5.35. The standard InChI is InChI=1S/C13H17NO2/c1-9-4-5-12(11(3)6-9)14-8-10(2)7-13(15)16/h4-7,14H,8H2,1-3H3,(H,15,16)/b10-7-. The fourth-order valence-electron chi connectivity index (χ4n) is 1.51. The topological polar surface area (TPSA) is 49.3 Å². The van der Waals surface area contributed by atoms with E-state index in [1.807, 2.05) is 26.0 Å². The van der Waals surface area contributed by atoms with Crippen LogP contribution in [0.5, 0.6) is 0 Å². The Labute approximate surface area is 95.8 Å². The summed E-state index contributed by atoms with van der Waals surface area (Å²) in [4.78, 5) is 10.4. The van der Waals surface area contributed by atoms with Crippen molar-refractivity contribution in [2.24, 2.45) is 0 Å². The lowest BCUT2D eigenvalue weighted by molar-refractivity contribution is -0.131. The number of rotatable bonds is 4. The molecule has 1 aromatic rings. The Balaban J connectivity index is 2.65. The first-order valence-electron chi connectivity index (χ1n) is 5.20. The minimum atomic E-state index is -0.903. The summed E-state index contributed by atoms with van der Waals surface area (Å²) in [6, 6.07) is 6.14. The molecule has 0 heterocycles. The molecule has 0 amide bonds. The van der Waals surface area contributed by atoms with Crippen molar-refractivity contribution in [3.05, 3.63) is 41.0 Å². The number of carboxylic acid groups (broad SMARTS) is 1. The van der Waals surface area contributed by atoms with E-state index in [1.165, 1.54) is 17.2 Å². The van der Waals surface area contributed by atoms with Crippen molar-refractivity contribution < 1.29 is 9.90 Å². The fourth-order valence-corrected chi connectivity index (χ4v) is 1.51. The maximum absolute atomic E-state index is 10.4. The Hall–Kier alpha value is -1.77. The molecule has 0 fully saturated rings. The average molecular weight is 219 g/mol. The molecule has 3 heteroatoms. The number of aliphatic carboxylic acids is 1. The highest BCUT2D eigenvalue weighted by Crippen LogP contribution is 2.16. The average Bonchev–Trinajstić information content (AvgIpc) is 2.15. The lowest BCUT2D eigenvalue weighted by Gasteiger charge is -2.10. The summed E-state index contributed by atoms with van der Waals surface area (Å²) in [6.45, 7) is 6.43. The highest BCUT2D eigenvalue weighted by atomic mass is 16.4. The third-order valence-corrected chi connectivity index (χ3v) is 2.31. The summed E-state index contributed by atoms with van der Waals surface area (Å²) in [5.41, 5.74) is 4.24. The number of hydrogen-bond acceptors (Lipinski definition) is 2. The molecule has 0 saturated heterocycles. The van der Waals surface area contributed by atoms with Crippen molar-refractivity contribution in [2.45, 2.75) is 20.8 Å². The Morgan fingerprint density at radius 2 is 2.12 bits per heavy atom. The van der Waals surface area contributed by atoms with Crippen LogP contribution < -0.4 is 5.32 Å². The van der Waals surface area contributed by atoms with E-state index in [9.17, 15) is 4.79 Å². The molecule has 0 spiro atoms. The maximum Gasteiger partial charge on any atom is 0.328 e. The van der Waals surface area contributed by atoms with Crippen molar-refractivity contribution in [3.63, 3.8) is 0 Å².